The number of rotatable bonds is 3. The van der Waals surface area contributed by atoms with E-state index >= 15 is 0 Å². The summed E-state index contributed by atoms with van der Waals surface area (Å²) < 4.78 is 43.4. The largest absolute Gasteiger partial charge is 0.398 e. The standard InChI is InChI=1S/C10H13F3N2O2/c1-17-7-9(10(11,12)13)3-5-15(6-9)8(16)2-4-14/h2-3,5-7H2,1H3. The quantitative estimate of drug-likeness (QED) is 0.759. The minimum absolute atomic E-state index is 0.0172. The molecule has 0 N–H and O–H groups in total. The van der Waals surface area contributed by atoms with Gasteiger partial charge in [-0.05, 0) is 6.42 Å². The van der Waals surface area contributed by atoms with Crippen molar-refractivity contribution in [2.24, 2.45) is 5.41 Å². The lowest BCUT2D eigenvalue weighted by molar-refractivity contribution is -0.232. The topological polar surface area (TPSA) is 53.3 Å². The van der Waals surface area contributed by atoms with Crippen molar-refractivity contribution < 1.29 is 22.7 Å². The molecule has 1 amide bonds. The van der Waals surface area contributed by atoms with Crippen LogP contribution in [0.2, 0.25) is 0 Å². The Morgan fingerprint density at radius 3 is 2.71 bits per heavy atom. The van der Waals surface area contributed by atoms with Gasteiger partial charge in [-0.15, -0.1) is 0 Å². The van der Waals surface area contributed by atoms with Gasteiger partial charge in [0.2, 0.25) is 5.91 Å². The molecular formula is C10H13F3N2O2. The molecular weight excluding hydrogens is 237 g/mol. The molecule has 0 aromatic rings. The molecule has 1 unspecified atom stereocenters. The normalized spacial score (nSPS) is 24.8. The molecule has 1 saturated heterocycles. The first-order chi connectivity index (χ1) is 7.86. The van der Waals surface area contributed by atoms with E-state index in [1.54, 1.807) is 6.07 Å². The van der Waals surface area contributed by atoms with Crippen LogP contribution < -0.4 is 0 Å². The molecule has 96 valence electrons. The summed E-state index contributed by atoms with van der Waals surface area (Å²) in [6, 6.07) is 1.64. The molecule has 1 rings (SSSR count). The summed E-state index contributed by atoms with van der Waals surface area (Å²) in [6.07, 6.45) is -4.98. The van der Waals surface area contributed by atoms with Gasteiger partial charge in [-0.2, -0.15) is 18.4 Å². The second-order valence-electron chi connectivity index (χ2n) is 4.11. The van der Waals surface area contributed by atoms with E-state index in [1.807, 2.05) is 0 Å². The zero-order chi connectivity index (χ0) is 13.1. The molecule has 4 nitrogen and oxygen atoms in total. The lowest BCUT2D eigenvalue weighted by atomic mass is 9.87. The van der Waals surface area contributed by atoms with Crippen LogP contribution in [-0.2, 0) is 9.53 Å². The third kappa shape index (κ3) is 2.69. The number of hydrogen-bond acceptors (Lipinski definition) is 3. The van der Waals surface area contributed by atoms with Gasteiger partial charge in [-0.25, -0.2) is 0 Å². The van der Waals surface area contributed by atoms with Gasteiger partial charge in [0.25, 0.3) is 0 Å². The van der Waals surface area contributed by atoms with Gasteiger partial charge in [0.15, 0.2) is 0 Å². The van der Waals surface area contributed by atoms with Crippen molar-refractivity contribution in [2.45, 2.75) is 19.0 Å². The van der Waals surface area contributed by atoms with Crippen LogP contribution in [0.15, 0.2) is 0 Å². The Labute approximate surface area is 96.9 Å². The third-order valence-electron chi connectivity index (χ3n) is 2.96. The zero-order valence-electron chi connectivity index (χ0n) is 9.38. The monoisotopic (exact) mass is 250 g/mol. The molecule has 0 radical (unpaired) electrons. The van der Waals surface area contributed by atoms with Crippen molar-refractivity contribution in [2.75, 3.05) is 26.8 Å². The fraction of sp³-hybridized carbons (Fsp3) is 0.800. The summed E-state index contributed by atoms with van der Waals surface area (Å²) in [4.78, 5) is 12.4. The Hall–Kier alpha value is -1.29. The minimum Gasteiger partial charge on any atom is -0.384 e. The maximum atomic E-state index is 12.9. The minimum atomic E-state index is -4.41. The molecule has 1 aliphatic heterocycles. The summed E-state index contributed by atoms with van der Waals surface area (Å²) in [5.41, 5.74) is -1.99. The van der Waals surface area contributed by atoms with Crippen molar-refractivity contribution >= 4 is 5.91 Å². The lowest BCUT2D eigenvalue weighted by Gasteiger charge is -2.30. The highest BCUT2D eigenvalue weighted by atomic mass is 19.4. The molecule has 0 aliphatic carbocycles. The smallest absolute Gasteiger partial charge is 0.384 e. The number of hydrogen-bond donors (Lipinski definition) is 0. The number of nitriles is 1. The molecule has 0 spiro atoms. The molecule has 0 saturated carbocycles. The van der Waals surface area contributed by atoms with Crippen LogP contribution in [0.4, 0.5) is 13.2 Å². The van der Waals surface area contributed by atoms with Gasteiger partial charge in [0.1, 0.15) is 11.8 Å². The Bertz CT molecular complexity index is 337. The number of carbonyl (C=O) groups excluding carboxylic acids is 1. The van der Waals surface area contributed by atoms with E-state index in [4.69, 9.17) is 5.26 Å². The second-order valence-corrected chi connectivity index (χ2v) is 4.11. The summed E-state index contributed by atoms with van der Waals surface area (Å²) in [5.74, 6) is -0.560. The molecule has 17 heavy (non-hydrogen) atoms. The first-order valence-electron chi connectivity index (χ1n) is 5.07. The molecule has 1 aliphatic rings. The van der Waals surface area contributed by atoms with Crippen LogP contribution in [-0.4, -0.2) is 43.8 Å². The average molecular weight is 250 g/mol. The van der Waals surface area contributed by atoms with Gasteiger partial charge >= 0.3 is 6.18 Å². The van der Waals surface area contributed by atoms with Crippen LogP contribution in [0.25, 0.3) is 0 Å². The average Bonchev–Trinajstić information content (AvgIpc) is 2.63. The molecule has 0 aromatic carbocycles. The number of carbonyl (C=O) groups is 1. The van der Waals surface area contributed by atoms with E-state index in [1.165, 1.54) is 7.11 Å². The highest BCUT2D eigenvalue weighted by Gasteiger charge is 2.58. The van der Waals surface area contributed by atoms with E-state index in [2.05, 4.69) is 4.74 Å². The van der Waals surface area contributed by atoms with E-state index in [0.717, 1.165) is 4.90 Å². The summed E-state index contributed by atoms with van der Waals surface area (Å²) in [5, 5.41) is 8.35. The number of likely N-dealkylation sites (tertiary alicyclic amines) is 1. The maximum absolute atomic E-state index is 12.9. The van der Waals surface area contributed by atoms with Crippen molar-refractivity contribution in [1.29, 1.82) is 5.26 Å². The zero-order valence-corrected chi connectivity index (χ0v) is 9.38. The Morgan fingerprint density at radius 1 is 1.59 bits per heavy atom. The van der Waals surface area contributed by atoms with Crippen molar-refractivity contribution in [1.82, 2.24) is 4.90 Å². The molecule has 0 bridgehead atoms. The lowest BCUT2D eigenvalue weighted by Crippen LogP contribution is -2.45. The van der Waals surface area contributed by atoms with Crippen LogP contribution in [0, 0.1) is 16.7 Å². The first kappa shape index (κ1) is 13.8. The third-order valence-corrected chi connectivity index (χ3v) is 2.96. The molecule has 1 atom stereocenters. The van der Waals surface area contributed by atoms with E-state index in [0.29, 0.717) is 0 Å². The summed E-state index contributed by atoms with van der Waals surface area (Å²) >= 11 is 0. The number of methoxy groups -OCH3 is 1. The SMILES string of the molecule is COCC1(C(F)(F)F)CCN(C(=O)CC#N)C1. The van der Waals surface area contributed by atoms with Gasteiger partial charge in [0, 0.05) is 20.2 Å². The van der Waals surface area contributed by atoms with E-state index in [9.17, 15) is 18.0 Å². The number of halogens is 3. The van der Waals surface area contributed by atoms with Crippen molar-refractivity contribution in [3.63, 3.8) is 0 Å². The van der Waals surface area contributed by atoms with Crippen molar-refractivity contribution in [3.05, 3.63) is 0 Å². The van der Waals surface area contributed by atoms with Gasteiger partial charge in [-0.1, -0.05) is 0 Å². The predicted molar refractivity (Wildman–Crippen MR) is 51.8 cm³/mol. The molecule has 1 heterocycles. The highest BCUT2D eigenvalue weighted by Crippen LogP contribution is 2.45. The summed E-state index contributed by atoms with van der Waals surface area (Å²) in [7, 11) is 1.20. The molecule has 0 aromatic heterocycles. The number of nitrogens with zero attached hydrogens (tertiary/aromatic N) is 2. The number of ether oxygens (including phenoxy) is 1. The Morgan fingerprint density at radius 2 is 2.24 bits per heavy atom. The highest BCUT2D eigenvalue weighted by molar-refractivity contribution is 5.78. The van der Waals surface area contributed by atoms with Crippen LogP contribution in [0.3, 0.4) is 0 Å². The fourth-order valence-electron chi connectivity index (χ4n) is 1.97. The number of amides is 1. The maximum Gasteiger partial charge on any atom is 0.398 e. The van der Waals surface area contributed by atoms with Crippen LogP contribution in [0.5, 0.6) is 0 Å². The first-order valence-corrected chi connectivity index (χ1v) is 5.07. The van der Waals surface area contributed by atoms with E-state index < -0.39 is 30.7 Å². The predicted octanol–water partition coefficient (Wildman–Crippen LogP) is 1.33. The van der Waals surface area contributed by atoms with E-state index in [-0.39, 0.29) is 19.4 Å². The van der Waals surface area contributed by atoms with Crippen molar-refractivity contribution in [3.8, 4) is 6.07 Å². The van der Waals surface area contributed by atoms with Gasteiger partial charge in [0.05, 0.1) is 12.7 Å². The van der Waals surface area contributed by atoms with Crippen LogP contribution in [0.1, 0.15) is 12.8 Å². The van der Waals surface area contributed by atoms with Crippen LogP contribution >= 0.6 is 0 Å². The Balaban J connectivity index is 2.80. The Kier molecular flexibility index (Phi) is 3.98. The number of alkyl halides is 3. The molecule has 7 heteroatoms. The second kappa shape index (κ2) is 4.92. The molecule has 1 fully saturated rings. The van der Waals surface area contributed by atoms with Gasteiger partial charge < -0.3 is 9.64 Å². The van der Waals surface area contributed by atoms with Gasteiger partial charge in [-0.3, -0.25) is 4.79 Å². The fourth-order valence-corrected chi connectivity index (χ4v) is 1.97. The summed E-state index contributed by atoms with van der Waals surface area (Å²) in [6.45, 7) is -0.874.